The third-order valence-corrected chi connectivity index (χ3v) is 5.37. The molecule has 0 spiro atoms. The van der Waals surface area contributed by atoms with Crippen LogP contribution in [-0.2, 0) is 11.9 Å². The largest absolute Gasteiger partial charge is 0.416 e. The second kappa shape index (κ2) is 7.57. The third-order valence-electron chi connectivity index (χ3n) is 4.17. The zero-order chi connectivity index (χ0) is 20.6. The highest BCUT2D eigenvalue weighted by Crippen LogP contribution is 2.30. The summed E-state index contributed by atoms with van der Waals surface area (Å²) in [7, 11) is 0. The highest BCUT2D eigenvalue weighted by Gasteiger charge is 2.29. The molecule has 29 heavy (non-hydrogen) atoms. The van der Waals surface area contributed by atoms with E-state index in [1.54, 1.807) is 30.5 Å². The van der Waals surface area contributed by atoms with Crippen LogP contribution in [0.25, 0.3) is 16.8 Å². The minimum atomic E-state index is -4.37. The van der Waals surface area contributed by atoms with Crippen LogP contribution in [0.5, 0.6) is 0 Å². The van der Waals surface area contributed by atoms with Crippen molar-refractivity contribution in [3.8, 4) is 11.1 Å². The number of halogens is 4. The number of rotatable bonds is 4. The van der Waals surface area contributed by atoms with E-state index in [2.05, 4.69) is 15.1 Å². The molecule has 0 saturated carbocycles. The van der Waals surface area contributed by atoms with Gasteiger partial charge in [-0.05, 0) is 35.4 Å². The second-order valence-electron chi connectivity index (χ2n) is 6.13. The molecule has 2 aromatic heterocycles. The predicted molar refractivity (Wildman–Crippen MR) is 105 cm³/mol. The molecule has 0 bridgehead atoms. The van der Waals surface area contributed by atoms with Crippen LogP contribution in [0.2, 0.25) is 5.02 Å². The summed E-state index contributed by atoms with van der Waals surface area (Å²) in [4.78, 5) is 19.4. The van der Waals surface area contributed by atoms with E-state index >= 15 is 0 Å². The van der Waals surface area contributed by atoms with E-state index in [0.29, 0.717) is 32.7 Å². The average Bonchev–Trinajstić information content (AvgIpc) is 3.11. The van der Waals surface area contributed by atoms with Gasteiger partial charge in [-0.2, -0.15) is 22.8 Å². The Bertz CT molecular complexity index is 1220. The Morgan fingerprint density at radius 1 is 1.07 bits per heavy atom. The molecule has 148 valence electrons. The van der Waals surface area contributed by atoms with Crippen molar-refractivity contribution in [2.45, 2.75) is 17.1 Å². The highest BCUT2D eigenvalue weighted by atomic mass is 35.5. The zero-order valence-electron chi connectivity index (χ0n) is 14.6. The van der Waals surface area contributed by atoms with Crippen LogP contribution >= 0.6 is 23.4 Å². The summed E-state index contributed by atoms with van der Waals surface area (Å²) in [6.07, 6.45) is -2.82. The normalized spacial score (nSPS) is 11.9. The Labute approximate surface area is 171 Å². The molecular weight excluding hydrogens is 425 g/mol. The maximum Gasteiger partial charge on any atom is 0.416 e. The van der Waals surface area contributed by atoms with Crippen LogP contribution in [0.4, 0.5) is 13.2 Å². The quantitative estimate of drug-likeness (QED) is 0.455. The lowest BCUT2D eigenvalue weighted by Crippen LogP contribution is -2.19. The summed E-state index contributed by atoms with van der Waals surface area (Å²) in [5.41, 5.74) is 1.38. The van der Waals surface area contributed by atoms with E-state index in [4.69, 9.17) is 11.6 Å². The van der Waals surface area contributed by atoms with Crippen LogP contribution in [0.1, 0.15) is 11.1 Å². The minimum Gasteiger partial charge on any atom is -0.285 e. The van der Waals surface area contributed by atoms with Gasteiger partial charge in [0, 0.05) is 16.3 Å². The van der Waals surface area contributed by atoms with Crippen molar-refractivity contribution in [1.82, 2.24) is 19.6 Å². The molecule has 0 fully saturated rings. The number of hydrogen-bond donors (Lipinski definition) is 1. The molecule has 5 nitrogen and oxygen atoms in total. The van der Waals surface area contributed by atoms with Gasteiger partial charge in [-0.3, -0.25) is 4.98 Å². The number of aromatic nitrogens is 4. The number of nitrogens with one attached hydrogen (secondary N) is 1. The second-order valence-corrected chi connectivity index (χ2v) is 7.53. The molecule has 4 aromatic rings. The number of aromatic amines is 1. The molecule has 2 heterocycles. The first-order valence-corrected chi connectivity index (χ1v) is 9.70. The summed E-state index contributed by atoms with van der Waals surface area (Å²) in [5, 5.41) is 5.00. The molecule has 0 aliphatic carbocycles. The van der Waals surface area contributed by atoms with Gasteiger partial charge >= 0.3 is 11.9 Å². The van der Waals surface area contributed by atoms with E-state index in [1.165, 1.54) is 23.9 Å². The number of nitrogens with zero attached hydrogens (tertiary/aromatic N) is 3. The SMILES string of the molecule is O=c1[nH]c(SCc2ccc(C(F)(F)F)cc2)nc2c(-c3ccc(Cl)cc3)cnn12. The van der Waals surface area contributed by atoms with E-state index in [1.807, 2.05) is 0 Å². The molecule has 0 atom stereocenters. The number of H-pyrrole nitrogens is 1. The van der Waals surface area contributed by atoms with Crippen molar-refractivity contribution in [1.29, 1.82) is 0 Å². The lowest BCUT2D eigenvalue weighted by atomic mass is 10.1. The van der Waals surface area contributed by atoms with Gasteiger partial charge in [-0.15, -0.1) is 0 Å². The average molecular weight is 437 g/mol. The van der Waals surface area contributed by atoms with Crippen LogP contribution in [0.3, 0.4) is 0 Å². The highest BCUT2D eigenvalue weighted by molar-refractivity contribution is 7.98. The first-order valence-electron chi connectivity index (χ1n) is 8.34. The van der Waals surface area contributed by atoms with E-state index in [-0.39, 0.29) is 0 Å². The van der Waals surface area contributed by atoms with Gasteiger partial charge in [0.25, 0.3) is 0 Å². The monoisotopic (exact) mass is 436 g/mol. The lowest BCUT2D eigenvalue weighted by Gasteiger charge is -2.07. The molecule has 0 saturated heterocycles. The number of benzene rings is 2. The standard InChI is InChI=1S/C19H12ClF3N4OS/c20-14-7-3-12(4-8-14)15-9-24-27-16(15)25-17(26-18(27)28)29-10-11-1-5-13(6-2-11)19(21,22)23/h1-9H,10H2,(H,25,26,28). The number of fused-ring (bicyclic) bond motifs is 1. The van der Waals surface area contributed by atoms with Crippen molar-refractivity contribution in [3.63, 3.8) is 0 Å². The van der Waals surface area contributed by atoms with Crippen molar-refractivity contribution < 1.29 is 13.2 Å². The van der Waals surface area contributed by atoms with Gasteiger partial charge in [0.05, 0.1) is 11.8 Å². The molecule has 10 heteroatoms. The minimum absolute atomic E-state index is 0.345. The summed E-state index contributed by atoms with van der Waals surface area (Å²) in [6.45, 7) is 0. The number of alkyl halides is 3. The van der Waals surface area contributed by atoms with Crippen LogP contribution in [0.15, 0.2) is 64.7 Å². The molecule has 0 aliphatic heterocycles. The van der Waals surface area contributed by atoms with E-state index < -0.39 is 17.4 Å². The van der Waals surface area contributed by atoms with Crippen molar-refractivity contribution in [3.05, 3.63) is 81.4 Å². The van der Waals surface area contributed by atoms with Crippen LogP contribution < -0.4 is 5.69 Å². The fourth-order valence-electron chi connectivity index (χ4n) is 2.71. The zero-order valence-corrected chi connectivity index (χ0v) is 16.1. The van der Waals surface area contributed by atoms with E-state index in [0.717, 1.165) is 22.2 Å². The topological polar surface area (TPSA) is 63.0 Å². The van der Waals surface area contributed by atoms with Gasteiger partial charge in [-0.25, -0.2) is 9.78 Å². The van der Waals surface area contributed by atoms with Gasteiger partial charge in [0.1, 0.15) is 0 Å². The Kier molecular flexibility index (Phi) is 5.10. The summed E-state index contributed by atoms with van der Waals surface area (Å²) in [5.74, 6) is 0.349. The van der Waals surface area contributed by atoms with E-state index in [9.17, 15) is 18.0 Å². The molecule has 0 unspecified atom stereocenters. The van der Waals surface area contributed by atoms with Gasteiger partial charge in [0.15, 0.2) is 10.8 Å². The lowest BCUT2D eigenvalue weighted by molar-refractivity contribution is -0.137. The number of hydrogen-bond acceptors (Lipinski definition) is 4. The fourth-order valence-corrected chi connectivity index (χ4v) is 3.64. The Hall–Kier alpha value is -2.78. The number of thioether (sulfide) groups is 1. The van der Waals surface area contributed by atoms with Gasteiger partial charge in [-0.1, -0.05) is 47.6 Å². The maximum atomic E-state index is 12.7. The van der Waals surface area contributed by atoms with Crippen molar-refractivity contribution in [2.24, 2.45) is 0 Å². The fraction of sp³-hybridized carbons (Fsp3) is 0.105. The molecule has 4 rings (SSSR count). The summed E-state index contributed by atoms with van der Waals surface area (Å²) >= 11 is 7.13. The maximum absolute atomic E-state index is 12.7. The molecule has 0 aliphatic rings. The van der Waals surface area contributed by atoms with Crippen molar-refractivity contribution >= 4 is 29.0 Å². The van der Waals surface area contributed by atoms with Crippen LogP contribution in [-0.4, -0.2) is 19.6 Å². The smallest absolute Gasteiger partial charge is 0.285 e. The van der Waals surface area contributed by atoms with Gasteiger partial charge in [0.2, 0.25) is 0 Å². The third kappa shape index (κ3) is 4.15. The van der Waals surface area contributed by atoms with Crippen LogP contribution in [0, 0.1) is 0 Å². The summed E-state index contributed by atoms with van der Waals surface area (Å²) < 4.78 is 39.1. The Balaban J connectivity index is 1.60. The molecule has 2 aromatic carbocycles. The molecule has 1 N–H and O–H groups in total. The first kappa shape index (κ1) is 19.5. The molecular formula is C19H12ClF3N4OS. The summed E-state index contributed by atoms with van der Waals surface area (Å²) in [6, 6.07) is 11.9. The first-order chi connectivity index (χ1) is 13.8. The Morgan fingerprint density at radius 2 is 1.76 bits per heavy atom. The molecule has 0 amide bonds. The van der Waals surface area contributed by atoms with Gasteiger partial charge < -0.3 is 0 Å². The Morgan fingerprint density at radius 3 is 2.41 bits per heavy atom. The predicted octanol–water partition coefficient (Wildman–Crippen LogP) is 5.05. The van der Waals surface area contributed by atoms with Crippen molar-refractivity contribution in [2.75, 3.05) is 0 Å². The molecule has 0 radical (unpaired) electrons.